The third-order valence-electron chi connectivity index (χ3n) is 6.23. The van der Waals surface area contributed by atoms with Gasteiger partial charge in [0.1, 0.15) is 6.04 Å². The molecule has 2 aromatic carbocycles. The highest BCUT2D eigenvalue weighted by atomic mass is 16.4. The van der Waals surface area contributed by atoms with Gasteiger partial charge < -0.3 is 10.1 Å². The zero-order chi connectivity index (χ0) is 23.0. The molecule has 2 unspecified atom stereocenters. The number of benzene rings is 2. The van der Waals surface area contributed by atoms with E-state index >= 15 is 0 Å². The number of carboxylic acid groups (broad SMARTS) is 1. The van der Waals surface area contributed by atoms with Crippen LogP contribution in [0.4, 0.5) is 0 Å². The normalized spacial score (nSPS) is 13.5. The molecule has 0 bridgehead atoms. The monoisotopic (exact) mass is 433 g/mol. The summed E-state index contributed by atoms with van der Waals surface area (Å²) in [4.78, 5) is 42.3. The Bertz CT molecular complexity index is 1430. The molecule has 2 N–H and O–H groups in total. The van der Waals surface area contributed by atoms with Crippen molar-refractivity contribution >= 4 is 27.8 Å². The van der Waals surface area contributed by atoms with Crippen LogP contribution in [0.2, 0.25) is 0 Å². The molecule has 4 rings (SSSR count). The van der Waals surface area contributed by atoms with E-state index in [9.17, 15) is 19.5 Å². The number of nitrogens with one attached hydrogen (secondary N) is 1. The Balaban J connectivity index is 2.04. The Morgan fingerprint density at radius 3 is 2.56 bits per heavy atom. The smallest absolute Gasteiger partial charge is 0.332 e. The second-order valence-corrected chi connectivity index (χ2v) is 8.26. The van der Waals surface area contributed by atoms with Crippen molar-refractivity contribution in [2.24, 2.45) is 0 Å². The summed E-state index contributed by atoms with van der Waals surface area (Å²) in [7, 11) is 0. The summed E-state index contributed by atoms with van der Waals surface area (Å²) in [6, 6.07) is 11.2. The Hall–Kier alpha value is -3.61. The van der Waals surface area contributed by atoms with Crippen molar-refractivity contribution in [3.05, 3.63) is 80.6 Å². The van der Waals surface area contributed by atoms with Gasteiger partial charge in [0.2, 0.25) is 0 Å². The summed E-state index contributed by atoms with van der Waals surface area (Å²) in [6.07, 6.45) is 3.48. The van der Waals surface area contributed by atoms with Crippen LogP contribution in [-0.2, 0) is 4.79 Å². The third-order valence-corrected chi connectivity index (χ3v) is 6.23. The van der Waals surface area contributed by atoms with Crippen LogP contribution in [-0.4, -0.2) is 25.2 Å². The van der Waals surface area contributed by atoms with E-state index in [1.165, 1.54) is 0 Å². The van der Waals surface area contributed by atoms with Crippen molar-refractivity contribution in [3.63, 3.8) is 0 Å². The Morgan fingerprint density at radius 1 is 1.09 bits per heavy atom. The molecule has 0 amide bonds. The average Bonchev–Trinajstić information content (AvgIpc) is 3.21. The molecule has 0 radical (unpaired) electrons. The lowest BCUT2D eigenvalue weighted by molar-refractivity contribution is -0.141. The number of unbranched alkanes of at least 4 members (excludes halogenated alkanes) is 1. The van der Waals surface area contributed by atoms with Crippen LogP contribution in [0.3, 0.4) is 0 Å². The number of aryl methyl sites for hydroxylation is 1. The zero-order valence-electron chi connectivity index (χ0n) is 18.5. The Kier molecular flexibility index (Phi) is 5.74. The van der Waals surface area contributed by atoms with Crippen LogP contribution in [0.25, 0.3) is 21.8 Å². The number of carbonyl (C=O) groups is 1. The molecule has 0 saturated heterocycles. The molecular formula is C25H27N3O4. The standard InChI is InChI=1S/C25H27N3O4/c1-4-5-12-21(24(30)31)28-23(29)17-10-6-7-13-20(17)27(25(28)32)16(3)18-14-26-19-11-8-9-15(2)22(18)19/h6-11,13-14,16,21,26H,4-5,12H2,1-3H3,(H,30,31). The molecule has 166 valence electrons. The van der Waals surface area contributed by atoms with Gasteiger partial charge in [-0.3, -0.25) is 9.36 Å². The summed E-state index contributed by atoms with van der Waals surface area (Å²) in [5.41, 5.74) is 2.27. The van der Waals surface area contributed by atoms with Crippen LogP contribution in [0.5, 0.6) is 0 Å². The quantitative estimate of drug-likeness (QED) is 0.452. The lowest BCUT2D eigenvalue weighted by Crippen LogP contribution is -2.45. The summed E-state index contributed by atoms with van der Waals surface area (Å²) in [5.74, 6) is -1.17. The molecule has 0 aliphatic rings. The van der Waals surface area contributed by atoms with Gasteiger partial charge in [0.15, 0.2) is 0 Å². The van der Waals surface area contributed by atoms with Crippen molar-refractivity contribution in [1.82, 2.24) is 14.1 Å². The van der Waals surface area contributed by atoms with E-state index < -0.39 is 29.3 Å². The van der Waals surface area contributed by atoms with Gasteiger partial charge in [-0.1, -0.05) is 44.0 Å². The summed E-state index contributed by atoms with van der Waals surface area (Å²) >= 11 is 0. The number of H-pyrrole nitrogens is 1. The Morgan fingerprint density at radius 2 is 1.84 bits per heavy atom. The molecule has 2 atom stereocenters. The predicted octanol–water partition coefficient (Wildman–Crippen LogP) is 4.38. The fourth-order valence-corrected chi connectivity index (χ4v) is 4.58. The maximum atomic E-state index is 13.7. The fraction of sp³-hybridized carbons (Fsp3) is 0.320. The van der Waals surface area contributed by atoms with Crippen molar-refractivity contribution in [2.75, 3.05) is 0 Å². The van der Waals surface area contributed by atoms with Crippen LogP contribution in [0.1, 0.15) is 56.3 Å². The first-order valence-electron chi connectivity index (χ1n) is 10.9. The van der Waals surface area contributed by atoms with Gasteiger partial charge in [0.05, 0.1) is 16.9 Å². The van der Waals surface area contributed by atoms with Crippen LogP contribution in [0, 0.1) is 6.92 Å². The summed E-state index contributed by atoms with van der Waals surface area (Å²) in [6.45, 7) is 5.86. The summed E-state index contributed by atoms with van der Waals surface area (Å²) < 4.78 is 2.48. The SMILES string of the molecule is CCCCC(C(=O)O)n1c(=O)c2ccccc2n(C(C)c2c[nH]c3cccc(C)c23)c1=O. The van der Waals surface area contributed by atoms with E-state index in [4.69, 9.17) is 0 Å². The molecule has 7 nitrogen and oxygen atoms in total. The molecule has 0 saturated carbocycles. The number of fused-ring (bicyclic) bond motifs is 2. The van der Waals surface area contributed by atoms with Gasteiger partial charge >= 0.3 is 11.7 Å². The predicted molar refractivity (Wildman–Crippen MR) is 126 cm³/mol. The molecule has 0 fully saturated rings. The summed E-state index contributed by atoms with van der Waals surface area (Å²) in [5, 5.41) is 11.2. The molecule has 2 heterocycles. The molecule has 7 heteroatoms. The number of rotatable bonds is 7. The molecule has 2 aromatic heterocycles. The number of aromatic nitrogens is 3. The number of aliphatic carboxylic acids is 1. The first-order chi connectivity index (χ1) is 15.4. The van der Waals surface area contributed by atoms with Gasteiger partial charge in [-0.25, -0.2) is 14.2 Å². The third kappa shape index (κ3) is 3.43. The molecule has 4 aromatic rings. The number of para-hydroxylation sites is 1. The molecule has 32 heavy (non-hydrogen) atoms. The highest BCUT2D eigenvalue weighted by Crippen LogP contribution is 2.30. The highest BCUT2D eigenvalue weighted by Gasteiger charge is 2.27. The van der Waals surface area contributed by atoms with Crippen LogP contribution >= 0.6 is 0 Å². The maximum absolute atomic E-state index is 13.7. The minimum Gasteiger partial charge on any atom is -0.480 e. The number of carboxylic acids is 1. The minimum absolute atomic E-state index is 0.222. The average molecular weight is 434 g/mol. The molecular weight excluding hydrogens is 406 g/mol. The second kappa shape index (κ2) is 8.49. The van der Waals surface area contributed by atoms with Crippen molar-refractivity contribution in [3.8, 4) is 0 Å². The van der Waals surface area contributed by atoms with Gasteiger partial charge in [-0.05, 0) is 44.0 Å². The van der Waals surface area contributed by atoms with E-state index in [2.05, 4.69) is 4.98 Å². The first-order valence-corrected chi connectivity index (χ1v) is 10.9. The number of nitrogens with zero attached hydrogens (tertiary/aromatic N) is 2. The molecule has 0 aliphatic heterocycles. The number of aromatic amines is 1. The zero-order valence-corrected chi connectivity index (χ0v) is 18.5. The topological polar surface area (TPSA) is 97.1 Å². The van der Waals surface area contributed by atoms with E-state index in [0.717, 1.165) is 33.0 Å². The van der Waals surface area contributed by atoms with Crippen molar-refractivity contribution in [2.45, 2.75) is 52.1 Å². The lowest BCUT2D eigenvalue weighted by Gasteiger charge is -2.22. The fourth-order valence-electron chi connectivity index (χ4n) is 4.58. The lowest BCUT2D eigenvalue weighted by atomic mass is 10.0. The van der Waals surface area contributed by atoms with Crippen LogP contribution in [0.15, 0.2) is 58.3 Å². The largest absolute Gasteiger partial charge is 0.480 e. The molecule has 0 aliphatic carbocycles. The van der Waals surface area contributed by atoms with Crippen molar-refractivity contribution in [1.29, 1.82) is 0 Å². The van der Waals surface area contributed by atoms with Gasteiger partial charge in [0, 0.05) is 22.7 Å². The van der Waals surface area contributed by atoms with E-state index in [0.29, 0.717) is 17.3 Å². The van der Waals surface area contributed by atoms with Crippen LogP contribution < -0.4 is 11.2 Å². The van der Waals surface area contributed by atoms with E-state index in [1.54, 1.807) is 28.8 Å². The minimum atomic E-state index is -1.21. The Labute approximate surface area is 184 Å². The second-order valence-electron chi connectivity index (χ2n) is 8.26. The van der Waals surface area contributed by atoms with Gasteiger partial charge in [-0.15, -0.1) is 0 Å². The van der Waals surface area contributed by atoms with Gasteiger partial charge in [-0.2, -0.15) is 0 Å². The number of hydrogen-bond acceptors (Lipinski definition) is 3. The van der Waals surface area contributed by atoms with Crippen molar-refractivity contribution < 1.29 is 9.90 Å². The van der Waals surface area contributed by atoms with Gasteiger partial charge in [0.25, 0.3) is 5.56 Å². The maximum Gasteiger partial charge on any atom is 0.332 e. The molecule has 0 spiro atoms. The van der Waals surface area contributed by atoms with E-state index in [1.807, 2.05) is 45.2 Å². The first kappa shape index (κ1) is 21.6. The number of hydrogen-bond donors (Lipinski definition) is 2. The van der Waals surface area contributed by atoms with E-state index in [-0.39, 0.29) is 6.42 Å². The highest BCUT2D eigenvalue weighted by molar-refractivity contribution is 5.87.